The minimum atomic E-state index is -0.643. The lowest BCUT2D eigenvalue weighted by Crippen LogP contribution is -2.46. The molecule has 0 N–H and O–H groups in total. The van der Waals surface area contributed by atoms with E-state index in [1.54, 1.807) is 10.6 Å². The predicted octanol–water partition coefficient (Wildman–Crippen LogP) is 8.44. The molecule has 1 fully saturated rings. The van der Waals surface area contributed by atoms with Crippen LogP contribution in [-0.2, 0) is 9.53 Å². The van der Waals surface area contributed by atoms with Crippen molar-refractivity contribution in [2.75, 3.05) is 51.3 Å². The number of aromatic nitrogens is 1. The van der Waals surface area contributed by atoms with Crippen molar-refractivity contribution in [1.82, 2.24) is 9.47 Å². The second-order valence-corrected chi connectivity index (χ2v) is 13.5. The van der Waals surface area contributed by atoms with Gasteiger partial charge in [0, 0.05) is 54.1 Å². The minimum Gasteiger partial charge on any atom is -0.494 e. The van der Waals surface area contributed by atoms with Crippen LogP contribution < -0.4 is 15.2 Å². The number of piperazine rings is 1. The number of hydrogen-bond acceptors (Lipinski definition) is 7. The average molecular weight is 646 g/mol. The Kier molecular flexibility index (Phi) is 13.0. The molecular formula is C38H51N3O4S. The third-order valence-electron chi connectivity index (χ3n) is 9.34. The number of ether oxygens (including phenoxy) is 2. The molecule has 0 saturated carbocycles. The van der Waals surface area contributed by atoms with Gasteiger partial charge in [0.25, 0.3) is 5.56 Å². The molecule has 1 aliphatic heterocycles. The number of benzene rings is 2. The van der Waals surface area contributed by atoms with Gasteiger partial charge in [-0.3, -0.25) is 14.3 Å². The van der Waals surface area contributed by atoms with Crippen LogP contribution >= 0.6 is 11.3 Å². The van der Waals surface area contributed by atoms with E-state index < -0.39 is 6.04 Å². The van der Waals surface area contributed by atoms with Gasteiger partial charge in [-0.05, 0) is 73.0 Å². The summed E-state index contributed by atoms with van der Waals surface area (Å²) in [4.78, 5) is 31.1. The highest BCUT2D eigenvalue weighted by molar-refractivity contribution is 7.17. The van der Waals surface area contributed by atoms with Crippen molar-refractivity contribution in [2.45, 2.75) is 83.6 Å². The zero-order chi connectivity index (χ0) is 32.1. The first-order valence-electron chi connectivity index (χ1n) is 17.4. The van der Waals surface area contributed by atoms with Gasteiger partial charge >= 0.3 is 5.97 Å². The van der Waals surface area contributed by atoms with Crippen molar-refractivity contribution >= 4 is 44.0 Å². The molecule has 7 nitrogen and oxygen atoms in total. The van der Waals surface area contributed by atoms with Crippen LogP contribution in [-0.4, -0.2) is 61.9 Å². The molecule has 46 heavy (non-hydrogen) atoms. The molecule has 2 aromatic carbocycles. The van der Waals surface area contributed by atoms with Gasteiger partial charge in [0.05, 0.1) is 19.2 Å². The van der Waals surface area contributed by atoms with Gasteiger partial charge in [0.15, 0.2) is 0 Å². The topological polar surface area (TPSA) is 64.0 Å². The average Bonchev–Trinajstić information content (AvgIpc) is 3.57. The summed E-state index contributed by atoms with van der Waals surface area (Å²) >= 11 is 1.81. The van der Waals surface area contributed by atoms with E-state index in [1.807, 2.05) is 35.6 Å². The fourth-order valence-electron chi connectivity index (χ4n) is 6.70. The maximum Gasteiger partial charge on any atom is 0.328 e. The number of fused-ring (bicyclic) bond motifs is 2. The molecule has 248 valence electrons. The van der Waals surface area contributed by atoms with Crippen LogP contribution in [0.2, 0.25) is 0 Å². The van der Waals surface area contributed by atoms with Crippen LogP contribution in [0.1, 0.15) is 83.6 Å². The molecule has 0 aliphatic carbocycles. The lowest BCUT2D eigenvalue weighted by Gasteiger charge is -2.36. The number of hydrogen-bond donors (Lipinski definition) is 0. The van der Waals surface area contributed by atoms with Crippen molar-refractivity contribution in [2.24, 2.45) is 0 Å². The molecule has 4 aromatic rings. The van der Waals surface area contributed by atoms with E-state index in [1.165, 1.54) is 55.0 Å². The van der Waals surface area contributed by atoms with Crippen molar-refractivity contribution in [3.8, 4) is 5.75 Å². The number of unbranched alkanes of at least 4 members (excludes halogenated alkanes) is 8. The van der Waals surface area contributed by atoms with Crippen LogP contribution in [0.25, 0.3) is 21.0 Å². The van der Waals surface area contributed by atoms with Gasteiger partial charge in [-0.15, -0.1) is 11.3 Å². The first-order chi connectivity index (χ1) is 22.6. The monoisotopic (exact) mass is 645 g/mol. The van der Waals surface area contributed by atoms with Gasteiger partial charge in [0.1, 0.15) is 11.8 Å². The first kappa shape index (κ1) is 34.0. The van der Waals surface area contributed by atoms with Crippen molar-refractivity contribution in [3.63, 3.8) is 0 Å². The second kappa shape index (κ2) is 17.5. The summed E-state index contributed by atoms with van der Waals surface area (Å²) in [5, 5.41) is 4.46. The van der Waals surface area contributed by atoms with Crippen LogP contribution in [0.4, 0.5) is 5.69 Å². The van der Waals surface area contributed by atoms with Crippen molar-refractivity contribution in [3.05, 3.63) is 70.3 Å². The second-order valence-electron chi connectivity index (χ2n) is 12.6. The van der Waals surface area contributed by atoms with Gasteiger partial charge < -0.3 is 14.4 Å². The smallest absolute Gasteiger partial charge is 0.328 e. The molecule has 2 aromatic heterocycles. The Morgan fingerprint density at radius 3 is 2.41 bits per heavy atom. The summed E-state index contributed by atoms with van der Waals surface area (Å²) in [6, 6.07) is 17.4. The number of pyridine rings is 1. The van der Waals surface area contributed by atoms with Crippen LogP contribution in [0, 0.1) is 0 Å². The fourth-order valence-corrected chi connectivity index (χ4v) is 7.51. The van der Waals surface area contributed by atoms with E-state index >= 15 is 0 Å². The Morgan fingerprint density at radius 1 is 0.870 bits per heavy atom. The van der Waals surface area contributed by atoms with Gasteiger partial charge in [-0.2, -0.15) is 0 Å². The molecule has 3 heterocycles. The number of carbonyl (C=O) groups excluding carboxylic acids is 1. The summed E-state index contributed by atoms with van der Waals surface area (Å²) in [5.74, 6) is 0.354. The Morgan fingerprint density at radius 2 is 1.63 bits per heavy atom. The number of nitrogens with zero attached hydrogens (tertiary/aromatic N) is 3. The van der Waals surface area contributed by atoms with Crippen LogP contribution in [0.5, 0.6) is 5.75 Å². The summed E-state index contributed by atoms with van der Waals surface area (Å²) < 4.78 is 14.3. The summed E-state index contributed by atoms with van der Waals surface area (Å²) in [6.07, 6.45) is 12.0. The third-order valence-corrected chi connectivity index (χ3v) is 10.2. The molecule has 1 aliphatic rings. The Bertz CT molecular complexity index is 1590. The molecule has 1 unspecified atom stereocenters. The van der Waals surface area contributed by atoms with Gasteiger partial charge in [-0.25, -0.2) is 4.79 Å². The number of methoxy groups -OCH3 is 1. The summed E-state index contributed by atoms with van der Waals surface area (Å²) in [6.45, 7) is 8.16. The van der Waals surface area contributed by atoms with Crippen molar-refractivity contribution < 1.29 is 14.3 Å². The first-order valence-corrected chi connectivity index (χ1v) is 18.3. The SMILES string of the molecule is CCCCCCCCCCC(C(=O)OC)n1c(=O)ccc2ccc(OCCCCN3CCN(c4cccc5sccc45)CC3)cc21. The molecule has 1 saturated heterocycles. The largest absolute Gasteiger partial charge is 0.494 e. The number of esters is 1. The number of thiophene rings is 1. The molecule has 0 amide bonds. The Hall–Kier alpha value is -3.36. The predicted molar refractivity (Wildman–Crippen MR) is 192 cm³/mol. The third kappa shape index (κ3) is 8.91. The highest BCUT2D eigenvalue weighted by Gasteiger charge is 2.24. The summed E-state index contributed by atoms with van der Waals surface area (Å²) in [5.41, 5.74) is 1.89. The number of rotatable bonds is 18. The maximum atomic E-state index is 13.1. The van der Waals surface area contributed by atoms with E-state index in [4.69, 9.17) is 9.47 Å². The van der Waals surface area contributed by atoms with E-state index in [2.05, 4.69) is 46.4 Å². The lowest BCUT2D eigenvalue weighted by molar-refractivity contribution is -0.144. The zero-order valence-electron chi connectivity index (χ0n) is 27.8. The maximum absolute atomic E-state index is 13.1. The van der Waals surface area contributed by atoms with Crippen LogP contribution in [0.3, 0.4) is 0 Å². The van der Waals surface area contributed by atoms with Gasteiger partial charge in [0.2, 0.25) is 0 Å². The lowest BCUT2D eigenvalue weighted by atomic mass is 10.0. The van der Waals surface area contributed by atoms with Crippen molar-refractivity contribution in [1.29, 1.82) is 0 Å². The molecule has 1 atom stereocenters. The number of carbonyl (C=O) groups is 1. The molecule has 8 heteroatoms. The minimum absolute atomic E-state index is 0.188. The van der Waals surface area contributed by atoms with E-state index in [0.717, 1.165) is 81.5 Å². The zero-order valence-corrected chi connectivity index (χ0v) is 28.6. The fraction of sp³-hybridized carbons (Fsp3) is 0.526. The molecule has 0 radical (unpaired) electrons. The van der Waals surface area contributed by atoms with E-state index in [9.17, 15) is 9.59 Å². The highest BCUT2D eigenvalue weighted by Crippen LogP contribution is 2.31. The quantitative estimate of drug-likeness (QED) is 0.0800. The molecule has 0 bridgehead atoms. The molecule has 5 rings (SSSR count). The normalized spacial score (nSPS) is 14.6. The van der Waals surface area contributed by atoms with E-state index in [0.29, 0.717) is 13.0 Å². The molecule has 0 spiro atoms. The Balaban J connectivity index is 1.10. The van der Waals surface area contributed by atoms with Gasteiger partial charge in [-0.1, -0.05) is 64.4 Å². The van der Waals surface area contributed by atoms with E-state index in [-0.39, 0.29) is 11.5 Å². The Labute approximate surface area is 278 Å². The molecular weight excluding hydrogens is 595 g/mol. The van der Waals surface area contributed by atoms with Crippen LogP contribution in [0.15, 0.2) is 64.8 Å². The summed E-state index contributed by atoms with van der Waals surface area (Å²) in [7, 11) is 1.40. The number of anilines is 1. The highest BCUT2D eigenvalue weighted by atomic mass is 32.1. The standard InChI is InChI=1S/C38H51N3O4S/c1-3-4-5-6-7-8-9-10-14-34(38(43)44-2)41-35-29-31(19-17-30(35)18-20-37(41)42)45-27-12-11-22-39-23-25-40(26-24-39)33-15-13-16-36-32(33)21-28-46-36/h13,15-21,28-29,34H,3-12,14,22-27H2,1-2H3.